The van der Waals surface area contributed by atoms with Crippen LogP contribution in [-0.2, 0) is 22.4 Å². The average Bonchev–Trinajstić information content (AvgIpc) is 2.72. The molecule has 0 aliphatic carbocycles. The van der Waals surface area contributed by atoms with Gasteiger partial charge in [0.25, 0.3) is 0 Å². The van der Waals surface area contributed by atoms with Crippen LogP contribution in [0.4, 0.5) is 4.39 Å². The van der Waals surface area contributed by atoms with Crippen molar-refractivity contribution in [1.82, 2.24) is 5.32 Å². The van der Waals surface area contributed by atoms with E-state index in [-0.39, 0.29) is 17.8 Å². The molecule has 1 unspecified atom stereocenters. The summed E-state index contributed by atoms with van der Waals surface area (Å²) in [7, 11) is 1.61. The second kappa shape index (κ2) is 12.2. The zero-order valence-electron chi connectivity index (χ0n) is 18.2. The number of hydrogen-bond acceptors (Lipinski definition) is 4. The van der Waals surface area contributed by atoms with Crippen molar-refractivity contribution in [3.05, 3.63) is 59.4 Å². The zero-order valence-corrected chi connectivity index (χ0v) is 18.2. The van der Waals surface area contributed by atoms with Crippen LogP contribution in [0.2, 0.25) is 0 Å². The molecule has 0 fully saturated rings. The topological polar surface area (TPSA) is 56.8 Å². The molecule has 2 aromatic rings. The van der Waals surface area contributed by atoms with Crippen molar-refractivity contribution in [3.63, 3.8) is 0 Å². The van der Waals surface area contributed by atoms with E-state index in [1.807, 2.05) is 39.0 Å². The lowest BCUT2D eigenvalue weighted by molar-refractivity contribution is -0.132. The Bertz CT molecular complexity index is 792. The Morgan fingerprint density at radius 1 is 1.03 bits per heavy atom. The van der Waals surface area contributed by atoms with Gasteiger partial charge in [0.15, 0.2) is 11.5 Å². The lowest BCUT2D eigenvalue weighted by Crippen LogP contribution is -2.37. The molecule has 30 heavy (non-hydrogen) atoms. The van der Waals surface area contributed by atoms with E-state index in [4.69, 9.17) is 14.2 Å². The standard InChI is InChI=1S/C24H32FNO4/c1-5-29-22(13-8-18-6-10-20(25)11-7-18)24(27)26-15-14-19-9-12-21(30-17(2)3)23(16-19)28-4/h6-7,9-12,16-17,22H,5,8,13-15H2,1-4H3,(H,26,27). The normalized spacial score (nSPS) is 11.9. The molecule has 0 radical (unpaired) electrons. The Hall–Kier alpha value is -2.60. The number of halogens is 1. The van der Waals surface area contributed by atoms with Gasteiger partial charge >= 0.3 is 0 Å². The van der Waals surface area contributed by atoms with E-state index in [1.54, 1.807) is 19.2 Å². The molecular weight excluding hydrogens is 385 g/mol. The molecule has 2 aromatic carbocycles. The molecule has 0 bridgehead atoms. The molecule has 6 heteroatoms. The van der Waals surface area contributed by atoms with Crippen LogP contribution in [0.5, 0.6) is 11.5 Å². The molecule has 0 heterocycles. The molecule has 1 atom stereocenters. The minimum Gasteiger partial charge on any atom is -0.493 e. The lowest BCUT2D eigenvalue weighted by atomic mass is 10.1. The summed E-state index contributed by atoms with van der Waals surface area (Å²) in [5.74, 6) is 0.987. The Balaban J connectivity index is 1.86. The molecule has 164 valence electrons. The van der Waals surface area contributed by atoms with Crippen molar-refractivity contribution in [2.45, 2.75) is 52.2 Å². The van der Waals surface area contributed by atoms with Gasteiger partial charge in [0.1, 0.15) is 11.9 Å². The van der Waals surface area contributed by atoms with E-state index in [9.17, 15) is 9.18 Å². The summed E-state index contributed by atoms with van der Waals surface area (Å²) in [6.45, 7) is 6.75. The number of aryl methyl sites for hydroxylation is 1. The van der Waals surface area contributed by atoms with E-state index in [1.165, 1.54) is 12.1 Å². The predicted molar refractivity (Wildman–Crippen MR) is 116 cm³/mol. The second-order valence-electron chi connectivity index (χ2n) is 7.30. The summed E-state index contributed by atoms with van der Waals surface area (Å²) >= 11 is 0. The first-order valence-electron chi connectivity index (χ1n) is 10.4. The Morgan fingerprint density at radius 2 is 1.73 bits per heavy atom. The first-order chi connectivity index (χ1) is 14.4. The average molecular weight is 418 g/mol. The van der Waals surface area contributed by atoms with Crippen LogP contribution in [0.3, 0.4) is 0 Å². The molecule has 0 aliphatic rings. The van der Waals surface area contributed by atoms with Crippen LogP contribution in [0.25, 0.3) is 0 Å². The SMILES string of the molecule is CCOC(CCc1ccc(F)cc1)C(=O)NCCc1ccc(OC(C)C)c(OC)c1. The molecule has 1 amide bonds. The number of carbonyl (C=O) groups is 1. The summed E-state index contributed by atoms with van der Waals surface area (Å²) < 4.78 is 29.8. The van der Waals surface area contributed by atoms with E-state index in [0.29, 0.717) is 43.9 Å². The van der Waals surface area contributed by atoms with Crippen LogP contribution in [0.1, 0.15) is 38.3 Å². The molecule has 0 spiro atoms. The quantitative estimate of drug-likeness (QED) is 0.559. The molecule has 5 nitrogen and oxygen atoms in total. The van der Waals surface area contributed by atoms with Gasteiger partial charge in [-0.2, -0.15) is 0 Å². The third kappa shape index (κ3) is 7.67. The molecule has 0 aromatic heterocycles. The number of benzene rings is 2. The molecule has 1 N–H and O–H groups in total. The van der Waals surface area contributed by atoms with E-state index < -0.39 is 6.10 Å². The second-order valence-corrected chi connectivity index (χ2v) is 7.30. The number of amides is 1. The highest BCUT2D eigenvalue weighted by atomic mass is 19.1. The monoisotopic (exact) mass is 417 g/mol. The molecule has 2 rings (SSSR count). The third-order valence-electron chi connectivity index (χ3n) is 4.57. The van der Waals surface area contributed by atoms with Crippen molar-refractivity contribution in [2.75, 3.05) is 20.3 Å². The van der Waals surface area contributed by atoms with Crippen LogP contribution in [-0.4, -0.2) is 38.4 Å². The van der Waals surface area contributed by atoms with Gasteiger partial charge in [0.2, 0.25) is 5.91 Å². The van der Waals surface area contributed by atoms with Gasteiger partial charge in [-0.25, -0.2) is 4.39 Å². The van der Waals surface area contributed by atoms with E-state index in [0.717, 1.165) is 11.1 Å². The summed E-state index contributed by atoms with van der Waals surface area (Å²) in [5.41, 5.74) is 2.02. The minimum atomic E-state index is -0.531. The van der Waals surface area contributed by atoms with Gasteiger partial charge in [-0.15, -0.1) is 0 Å². The molecule has 0 saturated carbocycles. The van der Waals surface area contributed by atoms with Gasteiger partial charge in [-0.3, -0.25) is 4.79 Å². The summed E-state index contributed by atoms with van der Waals surface area (Å²) in [6, 6.07) is 12.1. The summed E-state index contributed by atoms with van der Waals surface area (Å²) in [6.07, 6.45) is 1.39. The number of ether oxygens (including phenoxy) is 3. The van der Waals surface area contributed by atoms with Crippen molar-refractivity contribution in [1.29, 1.82) is 0 Å². The predicted octanol–water partition coefficient (Wildman–Crippen LogP) is 4.32. The maximum Gasteiger partial charge on any atom is 0.249 e. The lowest BCUT2D eigenvalue weighted by Gasteiger charge is -2.17. The molecule has 0 aliphatic heterocycles. The minimum absolute atomic E-state index is 0.0643. The van der Waals surface area contributed by atoms with Gasteiger partial charge in [0.05, 0.1) is 13.2 Å². The van der Waals surface area contributed by atoms with Crippen LogP contribution in [0.15, 0.2) is 42.5 Å². The Kier molecular flexibility index (Phi) is 9.61. The van der Waals surface area contributed by atoms with Gasteiger partial charge < -0.3 is 19.5 Å². The summed E-state index contributed by atoms with van der Waals surface area (Å²) in [4.78, 5) is 12.6. The Labute approximate surface area is 178 Å². The van der Waals surface area contributed by atoms with Crippen molar-refractivity contribution >= 4 is 5.91 Å². The van der Waals surface area contributed by atoms with Crippen molar-refractivity contribution < 1.29 is 23.4 Å². The highest BCUT2D eigenvalue weighted by Crippen LogP contribution is 2.29. The number of methoxy groups -OCH3 is 1. The highest BCUT2D eigenvalue weighted by molar-refractivity contribution is 5.80. The van der Waals surface area contributed by atoms with Crippen molar-refractivity contribution in [3.8, 4) is 11.5 Å². The highest BCUT2D eigenvalue weighted by Gasteiger charge is 2.18. The summed E-state index contributed by atoms with van der Waals surface area (Å²) in [5, 5.41) is 2.95. The van der Waals surface area contributed by atoms with Crippen LogP contribution < -0.4 is 14.8 Å². The third-order valence-corrected chi connectivity index (χ3v) is 4.57. The number of carbonyl (C=O) groups excluding carboxylic acids is 1. The van der Waals surface area contributed by atoms with E-state index >= 15 is 0 Å². The number of rotatable bonds is 12. The molecule has 0 saturated heterocycles. The smallest absolute Gasteiger partial charge is 0.249 e. The maximum atomic E-state index is 13.0. The fraction of sp³-hybridized carbons (Fsp3) is 0.458. The van der Waals surface area contributed by atoms with Gasteiger partial charge in [-0.05, 0) is 75.4 Å². The largest absolute Gasteiger partial charge is 0.493 e. The molecular formula is C24H32FNO4. The van der Waals surface area contributed by atoms with Crippen LogP contribution in [0, 0.1) is 5.82 Å². The zero-order chi connectivity index (χ0) is 21.9. The fourth-order valence-corrected chi connectivity index (χ4v) is 3.10. The van der Waals surface area contributed by atoms with Crippen molar-refractivity contribution in [2.24, 2.45) is 0 Å². The Morgan fingerprint density at radius 3 is 2.37 bits per heavy atom. The first kappa shape index (κ1) is 23.7. The van der Waals surface area contributed by atoms with Crippen LogP contribution >= 0.6 is 0 Å². The first-order valence-corrected chi connectivity index (χ1v) is 10.4. The number of nitrogens with one attached hydrogen (secondary N) is 1. The number of hydrogen-bond donors (Lipinski definition) is 1. The van der Waals surface area contributed by atoms with Gasteiger partial charge in [0, 0.05) is 13.2 Å². The fourth-order valence-electron chi connectivity index (χ4n) is 3.10. The van der Waals surface area contributed by atoms with E-state index in [2.05, 4.69) is 5.32 Å². The van der Waals surface area contributed by atoms with Gasteiger partial charge in [-0.1, -0.05) is 18.2 Å². The maximum absolute atomic E-state index is 13.0.